The van der Waals surface area contributed by atoms with E-state index >= 15 is 0 Å². The first kappa shape index (κ1) is 51.5. The Hall–Kier alpha value is -5.87. The average Bonchev–Trinajstić information content (AvgIpc) is 4.08. The topological polar surface area (TPSA) is 173 Å². The van der Waals surface area contributed by atoms with Gasteiger partial charge in [0.15, 0.2) is 11.6 Å². The number of ketones is 2. The highest BCUT2D eigenvalue weighted by Gasteiger charge is 2.51. The van der Waals surface area contributed by atoms with Gasteiger partial charge >= 0.3 is 12.2 Å². The smallest absolute Gasteiger partial charge is 0.407 e. The second kappa shape index (κ2) is 21.6. The molecule has 3 aromatic carbocycles. The van der Waals surface area contributed by atoms with E-state index in [4.69, 9.17) is 18.9 Å². The predicted octanol–water partition coefficient (Wildman–Crippen LogP) is 6.90. The molecule has 8 atom stereocenters. The molecule has 3 fully saturated rings. The number of nitrogens with one attached hydrogen (secondary N) is 2. The van der Waals surface area contributed by atoms with Gasteiger partial charge in [-0.3, -0.25) is 19.2 Å². The predicted molar refractivity (Wildman–Crippen MR) is 253 cm³/mol. The first-order valence-corrected chi connectivity index (χ1v) is 23.3. The van der Waals surface area contributed by atoms with Crippen LogP contribution < -0.4 is 15.5 Å². The minimum atomic E-state index is -0.882. The van der Waals surface area contributed by atoms with Crippen LogP contribution in [0.1, 0.15) is 102 Å². The monoisotopic (exact) mass is 941 g/mol. The number of Topliss-reactive ketones (excluding diaryl/α,β-unsaturated/α-hetero) is 2. The molecule has 4 amide bonds. The standard InChI is InChI=1S/C52H68FN5O10/c1-51(2,3)45(54-49(63)67-9)47(61)56-27-11-13-37(56)39(59)29-31-15-19-33(20-16-31)41-43(65-7)44(66-8)42(58(41)36-25-23-35(53)24-26-36)34-21-17-32(18-22-34)30-40(60)38-14-12-28-57(38)48(62)46(52(4,5)6)55-50(64)68-10/h15-26,37-38,41-46H,11-14,27-30H2,1-10H3,(H,54,63)(H,55,64)/t37-,38-,41-,42-,43+,44+,45+,46+/m0/s1. The van der Waals surface area contributed by atoms with Crippen LogP contribution in [0.5, 0.6) is 0 Å². The Kier molecular flexibility index (Phi) is 16.4. The summed E-state index contributed by atoms with van der Waals surface area (Å²) in [6, 6.07) is 17.8. The molecule has 15 nitrogen and oxygen atoms in total. The Morgan fingerprint density at radius 1 is 0.588 bits per heavy atom. The number of rotatable bonds is 15. The molecule has 0 radical (unpaired) electrons. The lowest BCUT2D eigenvalue weighted by atomic mass is 9.85. The van der Waals surface area contributed by atoms with Crippen LogP contribution in [-0.4, -0.2) is 123 Å². The lowest BCUT2D eigenvalue weighted by molar-refractivity contribution is -0.141. The molecule has 2 N–H and O–H groups in total. The number of halogens is 1. The fraction of sp³-hybridized carbons (Fsp3) is 0.538. The van der Waals surface area contributed by atoms with E-state index in [2.05, 4.69) is 15.5 Å². The molecule has 0 saturated carbocycles. The molecule has 0 unspecified atom stereocenters. The van der Waals surface area contributed by atoms with Crippen LogP contribution in [0.25, 0.3) is 0 Å². The lowest BCUT2D eigenvalue weighted by Gasteiger charge is -2.35. The zero-order valence-electron chi connectivity index (χ0n) is 41.0. The SMILES string of the molecule is COC(=O)N[C@H](C(=O)N1CCC[C@H]1C(=O)Cc1ccc([C@H]2[C@@H](OC)[C@H](OC)[C@H](c3ccc(CC(=O)[C@@H]4CCCN4C(=O)[C@@H](NC(=O)OC)C(C)(C)C)cc3)N2c2ccc(F)cc2)cc1)C(C)(C)C. The van der Waals surface area contributed by atoms with Crippen LogP contribution in [-0.2, 0) is 51.0 Å². The highest BCUT2D eigenvalue weighted by Crippen LogP contribution is 2.49. The van der Waals surface area contributed by atoms with Gasteiger partial charge in [0.05, 0.1) is 38.4 Å². The third kappa shape index (κ3) is 11.3. The second-order valence-electron chi connectivity index (χ2n) is 20.2. The fourth-order valence-electron chi connectivity index (χ4n) is 10.0. The molecule has 3 aliphatic heterocycles. The van der Waals surface area contributed by atoms with Gasteiger partial charge in [0.25, 0.3) is 0 Å². The van der Waals surface area contributed by atoms with Crippen molar-refractivity contribution in [1.82, 2.24) is 20.4 Å². The van der Waals surface area contributed by atoms with Crippen molar-refractivity contribution >= 4 is 41.3 Å². The summed E-state index contributed by atoms with van der Waals surface area (Å²) in [6.07, 6.45) is 0.117. The molecule has 16 heteroatoms. The Morgan fingerprint density at radius 3 is 1.28 bits per heavy atom. The third-order valence-electron chi connectivity index (χ3n) is 13.6. The van der Waals surface area contributed by atoms with Crippen LogP contribution in [0.4, 0.5) is 19.7 Å². The van der Waals surface area contributed by atoms with E-state index in [1.807, 2.05) is 90.1 Å². The molecule has 68 heavy (non-hydrogen) atoms. The van der Waals surface area contributed by atoms with Crippen LogP contribution >= 0.6 is 0 Å². The molecule has 3 aromatic rings. The number of hydrogen-bond acceptors (Lipinski definition) is 11. The number of hydrogen-bond donors (Lipinski definition) is 2. The number of nitrogens with zero attached hydrogens (tertiary/aromatic N) is 3. The van der Waals surface area contributed by atoms with Gasteiger partial charge in [0.2, 0.25) is 11.8 Å². The molecule has 3 heterocycles. The Labute approximate surface area is 399 Å². The Balaban J connectivity index is 1.22. The molecule has 3 aliphatic rings. The zero-order chi connectivity index (χ0) is 49.7. The molecule has 0 bridgehead atoms. The summed E-state index contributed by atoms with van der Waals surface area (Å²) in [5.74, 6) is -1.23. The summed E-state index contributed by atoms with van der Waals surface area (Å²) in [7, 11) is 5.74. The molecule has 0 aromatic heterocycles. The van der Waals surface area contributed by atoms with Gasteiger partial charge in [-0.25, -0.2) is 14.0 Å². The second-order valence-corrected chi connectivity index (χ2v) is 20.2. The van der Waals surface area contributed by atoms with Crippen molar-refractivity contribution in [2.45, 2.75) is 129 Å². The first-order valence-electron chi connectivity index (χ1n) is 23.3. The van der Waals surface area contributed by atoms with Crippen molar-refractivity contribution in [2.24, 2.45) is 10.8 Å². The lowest BCUT2D eigenvalue weighted by Crippen LogP contribution is -2.56. The number of carbonyl (C=O) groups excluding carboxylic acids is 6. The Bertz CT molecular complexity index is 2140. The Morgan fingerprint density at radius 2 is 0.956 bits per heavy atom. The van der Waals surface area contributed by atoms with Crippen molar-refractivity contribution in [1.29, 1.82) is 0 Å². The molecule has 0 spiro atoms. The number of alkyl carbamates (subject to hydrolysis) is 2. The molecule has 6 rings (SSSR count). The van der Waals surface area contributed by atoms with Crippen molar-refractivity contribution in [2.75, 3.05) is 46.4 Å². The van der Waals surface area contributed by atoms with Gasteiger partial charge in [0.1, 0.15) is 30.1 Å². The summed E-state index contributed by atoms with van der Waals surface area (Å²) in [5.41, 5.74) is 2.74. The minimum Gasteiger partial charge on any atom is -0.453 e. The maximum absolute atomic E-state index is 14.5. The zero-order valence-corrected chi connectivity index (χ0v) is 41.0. The molecular formula is C52H68FN5O10. The summed E-state index contributed by atoms with van der Waals surface area (Å²) >= 11 is 0. The molecular weight excluding hydrogens is 874 g/mol. The quantitative estimate of drug-likeness (QED) is 0.162. The minimum absolute atomic E-state index is 0.0939. The van der Waals surface area contributed by atoms with E-state index in [0.717, 1.165) is 27.9 Å². The highest BCUT2D eigenvalue weighted by molar-refractivity contribution is 5.95. The fourth-order valence-corrected chi connectivity index (χ4v) is 10.0. The van der Waals surface area contributed by atoms with Crippen molar-refractivity contribution in [3.8, 4) is 0 Å². The third-order valence-corrected chi connectivity index (χ3v) is 13.6. The average molecular weight is 942 g/mol. The van der Waals surface area contributed by atoms with Crippen LogP contribution in [0.3, 0.4) is 0 Å². The van der Waals surface area contributed by atoms with E-state index in [0.29, 0.717) is 38.8 Å². The van der Waals surface area contributed by atoms with E-state index in [9.17, 15) is 33.2 Å². The maximum atomic E-state index is 14.5. The number of carbonyl (C=O) groups is 6. The first-order chi connectivity index (χ1) is 32.2. The molecule has 368 valence electrons. The highest BCUT2D eigenvalue weighted by atomic mass is 19.1. The van der Waals surface area contributed by atoms with Crippen LogP contribution in [0, 0.1) is 16.6 Å². The number of likely N-dealkylation sites (tertiary alicyclic amines) is 2. The summed E-state index contributed by atoms with van der Waals surface area (Å²) in [6.45, 7) is 11.9. The number of methoxy groups -OCH3 is 4. The molecule has 3 saturated heterocycles. The summed E-state index contributed by atoms with van der Waals surface area (Å²) < 4.78 is 36.5. The van der Waals surface area contributed by atoms with Crippen LogP contribution in [0.2, 0.25) is 0 Å². The van der Waals surface area contributed by atoms with Crippen molar-refractivity contribution in [3.05, 3.63) is 101 Å². The van der Waals surface area contributed by atoms with Gasteiger partial charge in [-0.2, -0.15) is 0 Å². The van der Waals surface area contributed by atoms with E-state index in [1.165, 1.54) is 26.4 Å². The number of anilines is 1. The summed E-state index contributed by atoms with van der Waals surface area (Å²) in [4.78, 5) is 85.2. The van der Waals surface area contributed by atoms with Gasteiger partial charge in [0, 0.05) is 45.8 Å². The van der Waals surface area contributed by atoms with Gasteiger partial charge in [-0.15, -0.1) is 0 Å². The number of amides is 4. The summed E-state index contributed by atoms with van der Waals surface area (Å²) in [5, 5.41) is 5.33. The maximum Gasteiger partial charge on any atom is 0.407 e. The van der Waals surface area contributed by atoms with Gasteiger partial charge < -0.3 is 44.3 Å². The van der Waals surface area contributed by atoms with E-state index in [1.54, 1.807) is 36.2 Å². The van der Waals surface area contributed by atoms with E-state index < -0.39 is 71.5 Å². The van der Waals surface area contributed by atoms with Gasteiger partial charge in [-0.1, -0.05) is 90.1 Å². The van der Waals surface area contributed by atoms with E-state index in [-0.39, 0.29) is 42.0 Å². The van der Waals surface area contributed by atoms with Crippen LogP contribution in [0.15, 0.2) is 72.8 Å². The largest absolute Gasteiger partial charge is 0.453 e. The number of benzene rings is 3. The molecule has 0 aliphatic carbocycles. The van der Waals surface area contributed by atoms with Gasteiger partial charge in [-0.05, 0) is 83.0 Å². The van der Waals surface area contributed by atoms with Crippen molar-refractivity contribution in [3.63, 3.8) is 0 Å². The normalized spacial score (nSPS) is 22.7. The van der Waals surface area contributed by atoms with Crippen molar-refractivity contribution < 1.29 is 52.1 Å². The number of ether oxygens (including phenoxy) is 4.